The molecule has 47 heavy (non-hydrogen) atoms. The molecule has 0 bridgehead atoms. The zero-order chi connectivity index (χ0) is 31.1. The summed E-state index contributed by atoms with van der Waals surface area (Å²) in [5.74, 6) is 7.85. The van der Waals surface area contributed by atoms with Crippen LogP contribution in [0.2, 0.25) is 0 Å². The van der Waals surface area contributed by atoms with Crippen molar-refractivity contribution in [1.29, 1.82) is 0 Å². The van der Waals surface area contributed by atoms with E-state index in [1.54, 1.807) is 0 Å². The van der Waals surface area contributed by atoms with Crippen LogP contribution in [0.15, 0.2) is 133 Å². The molecule has 3 heterocycles. The summed E-state index contributed by atoms with van der Waals surface area (Å²) < 4.78 is 4.73. The maximum atomic E-state index is 5.42. The van der Waals surface area contributed by atoms with Crippen LogP contribution in [0.1, 0.15) is 18.1 Å². The number of hydrogen-bond donors (Lipinski definition) is 0. The Labute approximate surface area is 271 Å². The molecule has 0 aliphatic heterocycles. The van der Waals surface area contributed by atoms with Crippen molar-refractivity contribution in [2.75, 3.05) is 0 Å². The van der Waals surface area contributed by atoms with E-state index in [-0.39, 0.29) is 5.92 Å². The number of aromatic nitrogens is 4. The lowest BCUT2D eigenvalue weighted by molar-refractivity contribution is 0.746. The summed E-state index contributed by atoms with van der Waals surface area (Å²) in [6.07, 6.45) is 0.909. The number of rotatable bonds is 3. The van der Waals surface area contributed by atoms with E-state index >= 15 is 0 Å². The van der Waals surface area contributed by atoms with Crippen LogP contribution in [-0.2, 0) is 6.42 Å². The van der Waals surface area contributed by atoms with Crippen molar-refractivity contribution >= 4 is 54.5 Å². The number of fused-ring (bicyclic) bond motifs is 10. The second kappa shape index (κ2) is 9.91. The molecule has 0 spiro atoms. The molecule has 1 unspecified atom stereocenters. The molecule has 0 N–H and O–H groups in total. The number of hydrogen-bond acceptors (Lipinski definition) is 2. The van der Waals surface area contributed by atoms with Gasteiger partial charge in [-0.05, 0) is 48.4 Å². The van der Waals surface area contributed by atoms with Gasteiger partial charge >= 0.3 is 0 Å². The molecule has 220 valence electrons. The fraction of sp³-hybridized carbons (Fsp3) is 0.0698. The van der Waals surface area contributed by atoms with Gasteiger partial charge in [-0.15, -0.1) is 0 Å². The van der Waals surface area contributed by atoms with E-state index in [9.17, 15) is 0 Å². The van der Waals surface area contributed by atoms with Gasteiger partial charge in [-0.1, -0.05) is 116 Å². The molecule has 10 rings (SSSR count). The van der Waals surface area contributed by atoms with Gasteiger partial charge in [0, 0.05) is 49.7 Å². The first-order chi connectivity index (χ1) is 23.2. The normalized spacial score (nSPS) is 14.2. The fourth-order valence-corrected chi connectivity index (χ4v) is 7.63. The van der Waals surface area contributed by atoms with Crippen LogP contribution in [0.4, 0.5) is 0 Å². The second-order valence-electron chi connectivity index (χ2n) is 12.5. The highest BCUT2D eigenvalue weighted by atomic mass is 15.2. The molecule has 0 radical (unpaired) electrons. The molecule has 1 aliphatic carbocycles. The Morgan fingerprint density at radius 2 is 1.30 bits per heavy atom. The largest absolute Gasteiger partial charge is 0.307 e. The molecular weight excluding hydrogens is 573 g/mol. The van der Waals surface area contributed by atoms with E-state index in [4.69, 9.17) is 9.97 Å². The van der Waals surface area contributed by atoms with Crippen molar-refractivity contribution in [3.8, 4) is 34.7 Å². The first kappa shape index (κ1) is 26.1. The van der Waals surface area contributed by atoms with Gasteiger partial charge in [0.2, 0.25) is 5.95 Å². The maximum absolute atomic E-state index is 5.42. The Hall–Kier alpha value is -6.18. The standard InChI is InChI=1S/C43H28N4/c1-27-20-21-28-22-25-38-39(35(28)26-27)34-24-23-32-31-16-9-11-19-37(31)46(30-14-6-3-7-15-30)41(32)42(34)47(38)43-44-36-18-10-8-17-33(36)40(45-43)29-12-4-2-5-13-29/h2-19,22-25,27H,26H2,1H3. The molecule has 4 heteroatoms. The minimum Gasteiger partial charge on any atom is -0.307 e. The van der Waals surface area contributed by atoms with Crippen molar-refractivity contribution in [3.05, 3.63) is 145 Å². The van der Waals surface area contributed by atoms with Gasteiger partial charge in [0.1, 0.15) is 0 Å². The summed E-state index contributed by atoms with van der Waals surface area (Å²) in [7, 11) is 0. The van der Waals surface area contributed by atoms with Crippen molar-refractivity contribution < 1.29 is 0 Å². The van der Waals surface area contributed by atoms with Crippen LogP contribution in [0.25, 0.3) is 77.4 Å². The highest BCUT2D eigenvalue weighted by Crippen LogP contribution is 2.43. The van der Waals surface area contributed by atoms with E-state index < -0.39 is 0 Å². The van der Waals surface area contributed by atoms with Crippen molar-refractivity contribution in [3.63, 3.8) is 0 Å². The minimum atomic E-state index is 0.285. The van der Waals surface area contributed by atoms with Gasteiger partial charge in [0.25, 0.3) is 0 Å². The fourth-order valence-electron chi connectivity index (χ4n) is 7.63. The van der Waals surface area contributed by atoms with Gasteiger partial charge < -0.3 is 4.57 Å². The molecule has 3 aromatic heterocycles. The van der Waals surface area contributed by atoms with Crippen LogP contribution in [0, 0.1) is 17.8 Å². The Kier molecular flexibility index (Phi) is 5.50. The lowest BCUT2D eigenvalue weighted by Crippen LogP contribution is -2.06. The zero-order valence-corrected chi connectivity index (χ0v) is 25.8. The lowest BCUT2D eigenvalue weighted by atomic mass is 9.89. The Bertz CT molecular complexity index is 2780. The zero-order valence-electron chi connectivity index (χ0n) is 25.8. The Morgan fingerprint density at radius 1 is 0.596 bits per heavy atom. The van der Waals surface area contributed by atoms with Crippen LogP contribution >= 0.6 is 0 Å². The van der Waals surface area contributed by atoms with Crippen LogP contribution in [0.5, 0.6) is 0 Å². The third-order valence-corrected chi connectivity index (χ3v) is 9.65. The molecule has 4 nitrogen and oxygen atoms in total. The molecule has 0 saturated carbocycles. The number of nitrogens with zero attached hydrogens (tertiary/aromatic N) is 4. The Balaban J connectivity index is 1.45. The molecule has 6 aromatic carbocycles. The van der Waals surface area contributed by atoms with Crippen LogP contribution in [-0.4, -0.2) is 19.1 Å². The van der Waals surface area contributed by atoms with E-state index in [1.807, 2.05) is 6.07 Å². The molecule has 0 amide bonds. The average molecular weight is 601 g/mol. The van der Waals surface area contributed by atoms with Gasteiger partial charge in [-0.25, -0.2) is 9.97 Å². The molecule has 1 atom stereocenters. The van der Waals surface area contributed by atoms with Gasteiger partial charge in [0.05, 0.1) is 33.3 Å². The quantitative estimate of drug-likeness (QED) is 0.189. The molecule has 0 fully saturated rings. The molecule has 1 aliphatic rings. The van der Waals surface area contributed by atoms with Gasteiger partial charge in [0.15, 0.2) is 0 Å². The molecule has 9 aromatic rings. The third-order valence-electron chi connectivity index (χ3n) is 9.65. The van der Waals surface area contributed by atoms with Crippen molar-refractivity contribution in [1.82, 2.24) is 19.1 Å². The van der Waals surface area contributed by atoms with Crippen molar-refractivity contribution in [2.24, 2.45) is 5.92 Å². The van der Waals surface area contributed by atoms with Gasteiger partial charge in [-0.2, -0.15) is 0 Å². The summed E-state index contributed by atoms with van der Waals surface area (Å²) >= 11 is 0. The maximum Gasteiger partial charge on any atom is 0.235 e. The monoisotopic (exact) mass is 600 g/mol. The summed E-state index contributed by atoms with van der Waals surface area (Å²) in [6.45, 7) is 2.22. The number of benzene rings is 6. The first-order valence-electron chi connectivity index (χ1n) is 16.2. The predicted octanol–water partition coefficient (Wildman–Crippen LogP) is 10.0. The lowest BCUT2D eigenvalue weighted by Gasteiger charge is -2.15. The minimum absolute atomic E-state index is 0.285. The summed E-state index contributed by atoms with van der Waals surface area (Å²) in [5, 5.41) is 5.89. The predicted molar refractivity (Wildman–Crippen MR) is 193 cm³/mol. The third kappa shape index (κ3) is 3.78. The summed E-state index contributed by atoms with van der Waals surface area (Å²) in [6, 6.07) is 47.2. The van der Waals surface area contributed by atoms with E-state index in [0.717, 1.165) is 56.4 Å². The number of para-hydroxylation sites is 3. The summed E-state index contributed by atoms with van der Waals surface area (Å²) in [4.78, 5) is 10.7. The van der Waals surface area contributed by atoms with Crippen LogP contribution < -0.4 is 0 Å². The highest BCUT2D eigenvalue weighted by Gasteiger charge is 2.26. The summed E-state index contributed by atoms with van der Waals surface area (Å²) in [5.41, 5.74) is 11.0. The average Bonchev–Trinajstić information content (AvgIpc) is 3.65. The molecule has 0 saturated heterocycles. The van der Waals surface area contributed by atoms with Gasteiger partial charge in [-0.3, -0.25) is 4.57 Å². The van der Waals surface area contributed by atoms with Crippen molar-refractivity contribution in [2.45, 2.75) is 13.3 Å². The molecular formula is C43H28N4. The first-order valence-corrected chi connectivity index (χ1v) is 16.2. The highest BCUT2D eigenvalue weighted by molar-refractivity contribution is 6.24. The Morgan fingerprint density at radius 3 is 2.15 bits per heavy atom. The van der Waals surface area contributed by atoms with E-state index in [2.05, 4.69) is 155 Å². The SMILES string of the molecule is CC1C#Cc2ccc3c(c2C1)c1ccc2c4ccccc4n(-c4ccccc4)c2c1n3-c1nc(-c2ccccc2)c2ccccc2n1. The van der Waals surface area contributed by atoms with Crippen LogP contribution in [0.3, 0.4) is 0 Å². The topological polar surface area (TPSA) is 35.6 Å². The van der Waals surface area contributed by atoms with E-state index in [1.165, 1.54) is 32.6 Å². The smallest absolute Gasteiger partial charge is 0.235 e. The second-order valence-corrected chi connectivity index (χ2v) is 12.5. The van der Waals surface area contributed by atoms with E-state index in [0.29, 0.717) is 5.95 Å².